The predicted molar refractivity (Wildman–Crippen MR) is 98.3 cm³/mol. The van der Waals surface area contributed by atoms with E-state index in [1.54, 1.807) is 0 Å². The van der Waals surface area contributed by atoms with Crippen LogP contribution in [0.25, 0.3) is 0 Å². The lowest BCUT2D eigenvalue weighted by Gasteiger charge is -2.14. The first-order chi connectivity index (χ1) is 13.9. The van der Waals surface area contributed by atoms with Gasteiger partial charge in [0.05, 0.1) is 11.1 Å². The molecule has 0 amide bonds. The third-order valence-electron chi connectivity index (χ3n) is 3.94. The fourth-order valence-corrected chi connectivity index (χ4v) is 2.56. The highest BCUT2D eigenvalue weighted by Gasteiger charge is 2.34. The number of hydrogen-bond donors (Lipinski definition) is 2. The van der Waals surface area contributed by atoms with Gasteiger partial charge >= 0.3 is 12.4 Å². The zero-order valence-electron chi connectivity index (χ0n) is 15.0. The molecule has 0 heterocycles. The second-order valence-corrected chi connectivity index (χ2v) is 6.17. The van der Waals surface area contributed by atoms with Gasteiger partial charge in [-0.25, -0.2) is 0 Å². The summed E-state index contributed by atoms with van der Waals surface area (Å²) in [6.45, 7) is 0. The molecule has 3 aromatic carbocycles. The average Bonchev–Trinajstić information content (AvgIpc) is 2.63. The Morgan fingerprint density at radius 2 is 0.900 bits per heavy atom. The van der Waals surface area contributed by atoms with Crippen molar-refractivity contribution in [3.8, 4) is 23.0 Å². The van der Waals surface area contributed by atoms with E-state index in [2.05, 4.69) is 0 Å². The number of alkyl halides is 6. The minimum Gasteiger partial charge on any atom is -0.457 e. The van der Waals surface area contributed by atoms with Crippen LogP contribution in [0.3, 0.4) is 0 Å². The van der Waals surface area contributed by atoms with E-state index < -0.39 is 34.9 Å². The smallest absolute Gasteiger partial charge is 0.418 e. The first kappa shape index (κ1) is 21.2. The molecule has 158 valence electrons. The van der Waals surface area contributed by atoms with Crippen molar-refractivity contribution < 1.29 is 35.8 Å². The SMILES string of the molecule is Nc1ccc(Oc2cccc(Oc3ccc(N)c(C(F)(F)F)c3)c2)cc1C(F)(F)F. The summed E-state index contributed by atoms with van der Waals surface area (Å²) >= 11 is 0. The molecule has 30 heavy (non-hydrogen) atoms. The molecule has 4 N–H and O–H groups in total. The molecule has 0 bridgehead atoms. The van der Waals surface area contributed by atoms with E-state index in [9.17, 15) is 26.3 Å². The minimum atomic E-state index is -4.65. The van der Waals surface area contributed by atoms with Gasteiger partial charge < -0.3 is 20.9 Å². The van der Waals surface area contributed by atoms with Gasteiger partial charge in [-0.2, -0.15) is 26.3 Å². The molecule has 3 rings (SSSR count). The standard InChI is InChI=1S/C20H14F6N2O2/c21-19(22,23)15-9-13(4-6-17(15)27)29-11-2-1-3-12(8-11)30-14-5-7-18(28)16(10-14)20(24,25)26/h1-10H,27-28H2. The Labute approximate surface area is 166 Å². The van der Waals surface area contributed by atoms with Crippen molar-refractivity contribution >= 4 is 11.4 Å². The van der Waals surface area contributed by atoms with E-state index in [4.69, 9.17) is 20.9 Å². The summed E-state index contributed by atoms with van der Waals surface area (Å²) in [5, 5.41) is 0. The Morgan fingerprint density at radius 1 is 0.533 bits per heavy atom. The minimum absolute atomic E-state index is 0.108. The summed E-state index contributed by atoms with van der Waals surface area (Å²) < 4.78 is 88.7. The molecule has 3 aromatic rings. The molecule has 4 nitrogen and oxygen atoms in total. The van der Waals surface area contributed by atoms with Crippen LogP contribution in [0.4, 0.5) is 37.7 Å². The zero-order chi connectivity index (χ0) is 22.1. The molecule has 0 spiro atoms. The molecule has 0 atom stereocenters. The molecule has 10 heteroatoms. The lowest BCUT2D eigenvalue weighted by atomic mass is 10.1. The largest absolute Gasteiger partial charge is 0.457 e. The number of hydrogen-bond acceptors (Lipinski definition) is 4. The number of ether oxygens (including phenoxy) is 2. The number of anilines is 2. The summed E-state index contributed by atoms with van der Waals surface area (Å²) in [5.41, 5.74) is 7.70. The quantitative estimate of drug-likeness (QED) is 0.369. The van der Waals surface area contributed by atoms with Crippen molar-refractivity contribution in [2.75, 3.05) is 11.5 Å². The molecule has 0 aromatic heterocycles. The van der Waals surface area contributed by atoms with Gasteiger partial charge in [0.1, 0.15) is 23.0 Å². The van der Waals surface area contributed by atoms with Gasteiger partial charge in [0.2, 0.25) is 0 Å². The van der Waals surface area contributed by atoms with Gasteiger partial charge in [0.15, 0.2) is 0 Å². The molecule has 0 aliphatic heterocycles. The molecule has 0 saturated carbocycles. The van der Waals surface area contributed by atoms with E-state index in [-0.39, 0.29) is 23.0 Å². The van der Waals surface area contributed by atoms with Crippen molar-refractivity contribution in [1.82, 2.24) is 0 Å². The number of nitrogen functional groups attached to an aromatic ring is 2. The topological polar surface area (TPSA) is 70.5 Å². The van der Waals surface area contributed by atoms with Crippen molar-refractivity contribution in [3.63, 3.8) is 0 Å². The van der Waals surface area contributed by atoms with E-state index in [1.807, 2.05) is 0 Å². The Morgan fingerprint density at radius 3 is 1.27 bits per heavy atom. The van der Waals surface area contributed by atoms with Crippen LogP contribution in [0.2, 0.25) is 0 Å². The third-order valence-corrected chi connectivity index (χ3v) is 3.94. The molecule has 0 saturated heterocycles. The lowest BCUT2D eigenvalue weighted by molar-refractivity contribution is -0.137. The zero-order valence-corrected chi connectivity index (χ0v) is 15.0. The summed E-state index contributed by atoms with van der Waals surface area (Å²) in [6.07, 6.45) is -9.31. The van der Waals surface area contributed by atoms with Gasteiger partial charge in [0, 0.05) is 17.4 Å². The van der Waals surface area contributed by atoms with E-state index in [0.29, 0.717) is 0 Å². The van der Waals surface area contributed by atoms with Crippen LogP contribution in [0.5, 0.6) is 23.0 Å². The average molecular weight is 428 g/mol. The maximum absolute atomic E-state index is 13.0. The second-order valence-electron chi connectivity index (χ2n) is 6.17. The summed E-state index contributed by atoms with van der Waals surface area (Å²) in [6, 6.07) is 11.8. The normalized spacial score (nSPS) is 11.9. The first-order valence-corrected chi connectivity index (χ1v) is 8.33. The Balaban J connectivity index is 1.83. The van der Waals surface area contributed by atoms with Crippen LogP contribution < -0.4 is 20.9 Å². The summed E-state index contributed by atoms with van der Waals surface area (Å²) in [5.74, 6) is -0.0326. The molecular formula is C20H14F6N2O2. The van der Waals surface area contributed by atoms with Gasteiger partial charge in [-0.3, -0.25) is 0 Å². The molecule has 0 unspecified atom stereocenters. The van der Waals surface area contributed by atoms with Crippen LogP contribution in [-0.4, -0.2) is 0 Å². The predicted octanol–water partition coefficient (Wildman–Crippen LogP) is 6.47. The van der Waals surface area contributed by atoms with Gasteiger partial charge in [0.25, 0.3) is 0 Å². The van der Waals surface area contributed by atoms with Gasteiger partial charge in [-0.1, -0.05) is 6.07 Å². The maximum atomic E-state index is 13.0. The second kappa shape index (κ2) is 7.69. The number of benzene rings is 3. The lowest BCUT2D eigenvalue weighted by Crippen LogP contribution is -2.09. The van der Waals surface area contributed by atoms with Crippen molar-refractivity contribution in [3.05, 3.63) is 71.8 Å². The molecular weight excluding hydrogens is 414 g/mol. The first-order valence-electron chi connectivity index (χ1n) is 8.33. The molecule has 0 fully saturated rings. The van der Waals surface area contributed by atoms with Crippen molar-refractivity contribution in [2.24, 2.45) is 0 Å². The van der Waals surface area contributed by atoms with Crippen LogP contribution in [-0.2, 0) is 12.4 Å². The van der Waals surface area contributed by atoms with Crippen LogP contribution in [0, 0.1) is 0 Å². The van der Waals surface area contributed by atoms with Crippen molar-refractivity contribution in [2.45, 2.75) is 12.4 Å². The number of halogens is 6. The fourth-order valence-electron chi connectivity index (χ4n) is 2.56. The maximum Gasteiger partial charge on any atom is 0.418 e. The number of rotatable bonds is 4. The fraction of sp³-hybridized carbons (Fsp3) is 0.100. The van der Waals surface area contributed by atoms with Crippen LogP contribution in [0.15, 0.2) is 60.7 Å². The van der Waals surface area contributed by atoms with E-state index >= 15 is 0 Å². The van der Waals surface area contributed by atoms with E-state index in [1.165, 1.54) is 36.4 Å². The number of nitrogens with two attached hydrogens (primary N) is 2. The third kappa shape index (κ3) is 4.88. The molecule has 0 radical (unpaired) electrons. The molecule has 0 aliphatic carbocycles. The van der Waals surface area contributed by atoms with Crippen LogP contribution in [0.1, 0.15) is 11.1 Å². The Kier molecular flexibility index (Phi) is 5.43. The van der Waals surface area contributed by atoms with Crippen molar-refractivity contribution in [1.29, 1.82) is 0 Å². The summed E-state index contributed by atoms with van der Waals surface area (Å²) in [4.78, 5) is 0. The van der Waals surface area contributed by atoms with Gasteiger partial charge in [-0.15, -0.1) is 0 Å². The highest BCUT2D eigenvalue weighted by molar-refractivity contribution is 5.54. The van der Waals surface area contributed by atoms with Crippen LogP contribution >= 0.6 is 0 Å². The highest BCUT2D eigenvalue weighted by Crippen LogP contribution is 2.39. The summed E-state index contributed by atoms with van der Waals surface area (Å²) in [7, 11) is 0. The Hall–Kier alpha value is -3.56. The van der Waals surface area contributed by atoms with E-state index in [0.717, 1.165) is 24.3 Å². The molecule has 0 aliphatic rings. The highest BCUT2D eigenvalue weighted by atomic mass is 19.4. The monoisotopic (exact) mass is 428 g/mol. The van der Waals surface area contributed by atoms with Gasteiger partial charge in [-0.05, 0) is 48.5 Å². The Bertz CT molecular complexity index is 983.